The summed E-state index contributed by atoms with van der Waals surface area (Å²) in [5.41, 5.74) is -0.0627. The van der Waals surface area contributed by atoms with Crippen LogP contribution in [0.25, 0.3) is 0 Å². The monoisotopic (exact) mass is 414 g/mol. The molecule has 1 fully saturated rings. The Kier molecular flexibility index (Phi) is 8.49. The number of carbonyl (C=O) groups is 2. The minimum atomic E-state index is -4.38. The van der Waals surface area contributed by atoms with Crippen molar-refractivity contribution in [2.45, 2.75) is 57.7 Å². The van der Waals surface area contributed by atoms with Crippen LogP contribution in [0.2, 0.25) is 0 Å². The minimum Gasteiger partial charge on any atom is -0.396 e. The van der Waals surface area contributed by atoms with E-state index in [1.165, 1.54) is 12.1 Å². The molecule has 0 aliphatic heterocycles. The molecule has 1 saturated carbocycles. The number of aliphatic hydroxyl groups is 1. The average Bonchev–Trinajstić information content (AvgIpc) is 3.19. The van der Waals surface area contributed by atoms with E-state index in [0.717, 1.165) is 37.8 Å². The molecule has 0 spiro atoms. The number of rotatable bonds is 9. The van der Waals surface area contributed by atoms with Crippen LogP contribution in [0, 0.1) is 11.8 Å². The number of hydrogen-bond acceptors (Lipinski definition) is 3. The summed E-state index contributed by atoms with van der Waals surface area (Å²) in [4.78, 5) is 24.2. The topological polar surface area (TPSA) is 78.4 Å². The van der Waals surface area contributed by atoms with Crippen LogP contribution in [0.5, 0.6) is 0 Å². The number of halogens is 3. The molecule has 0 heterocycles. The zero-order chi connectivity index (χ0) is 21.4. The fourth-order valence-electron chi connectivity index (χ4n) is 3.57. The number of aliphatic hydroxyl groups excluding tert-OH is 1. The highest BCUT2D eigenvalue weighted by atomic mass is 19.4. The predicted molar refractivity (Wildman–Crippen MR) is 103 cm³/mol. The van der Waals surface area contributed by atoms with Crippen molar-refractivity contribution >= 4 is 11.8 Å². The van der Waals surface area contributed by atoms with Gasteiger partial charge in [-0.2, -0.15) is 13.2 Å². The summed E-state index contributed by atoms with van der Waals surface area (Å²) >= 11 is 0. The van der Waals surface area contributed by atoms with Crippen molar-refractivity contribution in [3.8, 4) is 0 Å². The van der Waals surface area contributed by atoms with Crippen molar-refractivity contribution in [3.05, 3.63) is 35.4 Å². The van der Waals surface area contributed by atoms with E-state index in [1.54, 1.807) is 6.92 Å². The van der Waals surface area contributed by atoms with Crippen molar-refractivity contribution < 1.29 is 27.9 Å². The van der Waals surface area contributed by atoms with E-state index < -0.39 is 11.7 Å². The van der Waals surface area contributed by atoms with Gasteiger partial charge in [0.1, 0.15) is 0 Å². The fourth-order valence-corrected chi connectivity index (χ4v) is 3.57. The second-order valence-electron chi connectivity index (χ2n) is 7.85. The first-order valence-electron chi connectivity index (χ1n) is 10.0. The van der Waals surface area contributed by atoms with Gasteiger partial charge >= 0.3 is 6.18 Å². The van der Waals surface area contributed by atoms with Gasteiger partial charge in [0.25, 0.3) is 0 Å². The van der Waals surface area contributed by atoms with Crippen LogP contribution in [0.15, 0.2) is 24.3 Å². The first kappa shape index (κ1) is 23.2. The molecule has 162 valence electrons. The third kappa shape index (κ3) is 7.68. The molecule has 3 N–H and O–H groups in total. The Hall–Kier alpha value is -2.09. The third-order valence-electron chi connectivity index (χ3n) is 5.26. The van der Waals surface area contributed by atoms with Crippen LogP contribution < -0.4 is 10.6 Å². The summed E-state index contributed by atoms with van der Waals surface area (Å²) in [6.45, 7) is 1.78. The maximum absolute atomic E-state index is 12.6. The Labute approximate surface area is 169 Å². The summed E-state index contributed by atoms with van der Waals surface area (Å²) < 4.78 is 37.8. The lowest BCUT2D eigenvalue weighted by atomic mass is 9.99. The van der Waals surface area contributed by atoms with Gasteiger partial charge in [0, 0.05) is 37.5 Å². The van der Waals surface area contributed by atoms with E-state index in [4.69, 9.17) is 0 Å². The zero-order valence-corrected chi connectivity index (χ0v) is 16.6. The highest BCUT2D eigenvalue weighted by Gasteiger charge is 2.30. The Balaban J connectivity index is 1.74. The first-order valence-corrected chi connectivity index (χ1v) is 10.0. The number of benzene rings is 1. The lowest BCUT2D eigenvalue weighted by Crippen LogP contribution is -2.41. The number of amides is 2. The largest absolute Gasteiger partial charge is 0.416 e. The minimum absolute atomic E-state index is 0.00154. The summed E-state index contributed by atoms with van der Waals surface area (Å²) in [6.07, 6.45) is 0.0230. The molecule has 0 radical (unpaired) electrons. The van der Waals surface area contributed by atoms with E-state index in [0.29, 0.717) is 12.0 Å². The van der Waals surface area contributed by atoms with Crippen molar-refractivity contribution in [1.29, 1.82) is 0 Å². The smallest absolute Gasteiger partial charge is 0.396 e. The van der Waals surface area contributed by atoms with Crippen LogP contribution >= 0.6 is 0 Å². The van der Waals surface area contributed by atoms with Crippen LogP contribution in [-0.4, -0.2) is 36.1 Å². The molecule has 5 nitrogen and oxygen atoms in total. The molecule has 1 aliphatic carbocycles. The molecular formula is C21H29F3N2O3. The van der Waals surface area contributed by atoms with Gasteiger partial charge in [0.15, 0.2) is 0 Å². The molecule has 1 aromatic rings. The lowest BCUT2D eigenvalue weighted by molar-refractivity contribution is -0.137. The van der Waals surface area contributed by atoms with Gasteiger partial charge in [0.05, 0.1) is 5.56 Å². The molecule has 8 heteroatoms. The van der Waals surface area contributed by atoms with Gasteiger partial charge in [-0.25, -0.2) is 0 Å². The first-order chi connectivity index (χ1) is 13.7. The van der Waals surface area contributed by atoms with Gasteiger partial charge < -0.3 is 15.7 Å². The van der Waals surface area contributed by atoms with Crippen molar-refractivity contribution in [1.82, 2.24) is 10.6 Å². The average molecular weight is 414 g/mol. The maximum atomic E-state index is 12.6. The van der Waals surface area contributed by atoms with E-state index in [2.05, 4.69) is 10.6 Å². The Bertz CT molecular complexity index is 671. The van der Waals surface area contributed by atoms with Crippen molar-refractivity contribution in [3.63, 3.8) is 0 Å². The van der Waals surface area contributed by atoms with E-state index in [-0.39, 0.29) is 49.3 Å². The van der Waals surface area contributed by atoms with E-state index >= 15 is 0 Å². The Morgan fingerprint density at radius 3 is 2.34 bits per heavy atom. The highest BCUT2D eigenvalue weighted by molar-refractivity contribution is 5.81. The molecule has 2 amide bonds. The SMILES string of the molecule is CC(CC(=O)NCC(CO)Cc1ccc(C(F)(F)F)cc1)NC(=O)C1CCCC1. The number of nitrogens with one attached hydrogen (secondary N) is 2. The highest BCUT2D eigenvalue weighted by Crippen LogP contribution is 2.29. The van der Waals surface area contributed by atoms with Crippen molar-refractivity contribution in [2.75, 3.05) is 13.2 Å². The quantitative estimate of drug-likeness (QED) is 0.581. The molecular weight excluding hydrogens is 385 g/mol. The van der Waals surface area contributed by atoms with Crippen molar-refractivity contribution in [2.24, 2.45) is 11.8 Å². The van der Waals surface area contributed by atoms with Gasteiger partial charge in [-0.05, 0) is 43.9 Å². The lowest BCUT2D eigenvalue weighted by Gasteiger charge is -2.19. The van der Waals surface area contributed by atoms with Gasteiger partial charge in [0.2, 0.25) is 11.8 Å². The second-order valence-corrected chi connectivity index (χ2v) is 7.85. The van der Waals surface area contributed by atoms with E-state index in [1.807, 2.05) is 0 Å². The molecule has 2 rings (SSSR count). The third-order valence-corrected chi connectivity index (χ3v) is 5.26. The standard InChI is InChI=1S/C21H29F3N2O3/c1-14(26-20(29)17-4-2-3-5-17)10-19(28)25-12-16(13-27)11-15-6-8-18(9-7-15)21(22,23)24/h6-9,14,16-17,27H,2-5,10-13H2,1H3,(H,25,28)(H,26,29). The molecule has 29 heavy (non-hydrogen) atoms. The second kappa shape index (κ2) is 10.6. The summed E-state index contributed by atoms with van der Waals surface area (Å²) in [7, 11) is 0. The van der Waals surface area contributed by atoms with Crippen LogP contribution in [0.4, 0.5) is 13.2 Å². The summed E-state index contributed by atoms with van der Waals surface area (Å²) in [5.74, 6) is -0.504. The normalized spacial score (nSPS) is 17.0. The van der Waals surface area contributed by atoms with Crippen LogP contribution in [-0.2, 0) is 22.2 Å². The molecule has 0 aromatic heterocycles. The van der Waals surface area contributed by atoms with Crippen LogP contribution in [0.1, 0.15) is 50.2 Å². The summed E-state index contributed by atoms with van der Waals surface area (Å²) in [6, 6.07) is 4.50. The maximum Gasteiger partial charge on any atom is 0.416 e. The molecule has 1 aromatic carbocycles. The number of carbonyl (C=O) groups excluding carboxylic acids is 2. The molecule has 0 bridgehead atoms. The van der Waals surface area contributed by atoms with E-state index in [9.17, 15) is 27.9 Å². The molecule has 0 saturated heterocycles. The van der Waals surface area contributed by atoms with Crippen LogP contribution in [0.3, 0.4) is 0 Å². The number of alkyl halides is 3. The van der Waals surface area contributed by atoms with Gasteiger partial charge in [-0.3, -0.25) is 9.59 Å². The predicted octanol–water partition coefficient (Wildman–Crippen LogP) is 3.06. The van der Waals surface area contributed by atoms with Gasteiger partial charge in [-0.1, -0.05) is 25.0 Å². The zero-order valence-electron chi connectivity index (χ0n) is 16.6. The molecule has 2 atom stereocenters. The fraction of sp³-hybridized carbons (Fsp3) is 0.619. The summed E-state index contributed by atoms with van der Waals surface area (Å²) in [5, 5.41) is 15.1. The molecule has 1 aliphatic rings. The molecule has 2 unspecified atom stereocenters. The Morgan fingerprint density at radius 1 is 1.17 bits per heavy atom. The number of hydrogen-bond donors (Lipinski definition) is 3. The van der Waals surface area contributed by atoms with Gasteiger partial charge in [-0.15, -0.1) is 0 Å². The Morgan fingerprint density at radius 2 is 1.79 bits per heavy atom.